The van der Waals surface area contributed by atoms with Gasteiger partial charge >= 0.3 is 25.0 Å². The number of aliphatic carboxylic acids is 1. The standard InChI is InChI=1S/C26H32N2O6.Li/c1-26(2,3)34-25(32)27-21(23(29)28-15-7-10-22(28)24(30)31)16-18-11-13-20(14-12-18)33-17-19-8-5-4-6-9-19;/h4-6,8-9,11-14,21-22H,7,10,15-17H2,1-3H3,(H,27,32)(H,30,31);/q;+1/p-1/t21-,22-;/m0./s1. The smallest absolute Gasteiger partial charge is 0.548 e. The molecule has 0 aliphatic carbocycles. The van der Waals surface area contributed by atoms with Crippen LogP contribution < -0.4 is 34.0 Å². The molecule has 0 aromatic heterocycles. The molecular formula is C26H31LiN2O6. The molecule has 3 rings (SSSR count). The number of rotatable bonds is 8. The number of nitrogens with one attached hydrogen (secondary N) is 1. The van der Waals surface area contributed by atoms with Gasteiger partial charge in [-0.1, -0.05) is 42.5 Å². The predicted octanol–water partition coefficient (Wildman–Crippen LogP) is -0.554. The van der Waals surface area contributed by atoms with Crippen molar-refractivity contribution < 1.29 is 47.8 Å². The van der Waals surface area contributed by atoms with Crippen LogP contribution in [-0.4, -0.2) is 47.1 Å². The Morgan fingerprint density at radius 3 is 2.31 bits per heavy atom. The van der Waals surface area contributed by atoms with Gasteiger partial charge in [0.25, 0.3) is 0 Å². The quantitative estimate of drug-likeness (QED) is 0.515. The minimum absolute atomic E-state index is 0. The molecule has 2 aromatic rings. The molecule has 1 saturated heterocycles. The van der Waals surface area contributed by atoms with E-state index in [1.807, 2.05) is 42.5 Å². The molecule has 2 amide bonds. The monoisotopic (exact) mass is 474 g/mol. The number of carboxylic acid groups (broad SMARTS) is 1. The van der Waals surface area contributed by atoms with Crippen LogP contribution in [-0.2, 0) is 27.4 Å². The van der Waals surface area contributed by atoms with Gasteiger partial charge in [0, 0.05) is 13.0 Å². The predicted molar refractivity (Wildman–Crippen MR) is 124 cm³/mol. The third-order valence-corrected chi connectivity index (χ3v) is 5.41. The van der Waals surface area contributed by atoms with E-state index in [0.29, 0.717) is 31.7 Å². The molecule has 0 radical (unpaired) electrons. The average molecular weight is 474 g/mol. The summed E-state index contributed by atoms with van der Waals surface area (Å²) in [5.74, 6) is -1.09. The van der Waals surface area contributed by atoms with Gasteiger partial charge in [-0.05, 0) is 56.9 Å². The van der Waals surface area contributed by atoms with Gasteiger partial charge in [-0.15, -0.1) is 0 Å². The molecule has 2 aromatic carbocycles. The van der Waals surface area contributed by atoms with Crippen molar-refractivity contribution in [3.63, 3.8) is 0 Å². The first-order valence-electron chi connectivity index (χ1n) is 11.4. The molecule has 0 saturated carbocycles. The van der Waals surface area contributed by atoms with E-state index in [0.717, 1.165) is 11.1 Å². The van der Waals surface area contributed by atoms with Crippen molar-refractivity contribution in [3.05, 3.63) is 65.7 Å². The van der Waals surface area contributed by atoms with Gasteiger partial charge in [-0.3, -0.25) is 4.79 Å². The van der Waals surface area contributed by atoms with E-state index in [9.17, 15) is 19.5 Å². The second-order valence-electron chi connectivity index (χ2n) is 9.33. The molecule has 0 bridgehead atoms. The van der Waals surface area contributed by atoms with Crippen molar-refractivity contribution in [1.82, 2.24) is 10.2 Å². The van der Waals surface area contributed by atoms with Crippen LogP contribution in [0.2, 0.25) is 0 Å². The molecule has 1 N–H and O–H groups in total. The number of amides is 2. The number of ether oxygens (including phenoxy) is 2. The van der Waals surface area contributed by atoms with Crippen LogP contribution in [0, 0.1) is 0 Å². The molecule has 0 spiro atoms. The Kier molecular flexibility index (Phi) is 10.2. The summed E-state index contributed by atoms with van der Waals surface area (Å²) in [6.45, 7) is 5.91. The van der Waals surface area contributed by atoms with Gasteiger partial charge in [-0.2, -0.15) is 0 Å². The molecule has 8 nitrogen and oxygen atoms in total. The van der Waals surface area contributed by atoms with Crippen LogP contribution >= 0.6 is 0 Å². The molecule has 2 atom stereocenters. The molecule has 1 fully saturated rings. The van der Waals surface area contributed by atoms with Crippen molar-refractivity contribution in [2.75, 3.05) is 6.54 Å². The number of carbonyl (C=O) groups excluding carboxylic acids is 3. The van der Waals surface area contributed by atoms with Crippen LogP contribution in [0.25, 0.3) is 0 Å². The summed E-state index contributed by atoms with van der Waals surface area (Å²) < 4.78 is 11.1. The van der Waals surface area contributed by atoms with E-state index in [2.05, 4.69) is 5.32 Å². The molecular weight excluding hydrogens is 443 g/mol. The zero-order valence-electron chi connectivity index (χ0n) is 20.8. The first-order chi connectivity index (χ1) is 16.1. The molecule has 1 aliphatic heterocycles. The molecule has 182 valence electrons. The minimum atomic E-state index is -1.29. The van der Waals surface area contributed by atoms with Crippen molar-refractivity contribution in [2.24, 2.45) is 0 Å². The largest absolute Gasteiger partial charge is 1.00 e. The summed E-state index contributed by atoms with van der Waals surface area (Å²) in [7, 11) is 0. The fourth-order valence-electron chi connectivity index (χ4n) is 3.82. The number of nitrogens with zero attached hydrogens (tertiary/aromatic N) is 1. The zero-order chi connectivity index (χ0) is 24.7. The fraction of sp³-hybridized carbons (Fsp3) is 0.423. The van der Waals surface area contributed by atoms with Gasteiger partial charge in [0.15, 0.2) is 0 Å². The maximum absolute atomic E-state index is 13.2. The average Bonchev–Trinajstić information content (AvgIpc) is 3.27. The second-order valence-corrected chi connectivity index (χ2v) is 9.33. The topological polar surface area (TPSA) is 108 Å². The van der Waals surface area contributed by atoms with E-state index in [4.69, 9.17) is 9.47 Å². The third kappa shape index (κ3) is 8.65. The molecule has 1 aliphatic rings. The Balaban J connectivity index is 0.00000432. The van der Waals surface area contributed by atoms with Gasteiger partial charge < -0.3 is 29.6 Å². The SMILES string of the molecule is CC(C)(C)OC(=O)N[C@@H](Cc1ccc(OCc2ccccc2)cc1)C(=O)N1CCC[C@H]1C(=O)[O-].[Li+]. The fourth-order valence-corrected chi connectivity index (χ4v) is 3.82. The summed E-state index contributed by atoms with van der Waals surface area (Å²) in [5.41, 5.74) is 1.09. The Labute approximate surface area is 218 Å². The number of carbonyl (C=O) groups is 3. The van der Waals surface area contributed by atoms with Crippen LogP contribution in [0.3, 0.4) is 0 Å². The van der Waals surface area contributed by atoms with Crippen molar-refractivity contribution >= 4 is 18.0 Å². The van der Waals surface area contributed by atoms with Crippen molar-refractivity contribution in [2.45, 2.75) is 64.3 Å². The number of hydrogen-bond donors (Lipinski definition) is 1. The second kappa shape index (κ2) is 12.7. The van der Waals surface area contributed by atoms with E-state index in [1.165, 1.54) is 4.90 Å². The zero-order valence-corrected chi connectivity index (χ0v) is 20.8. The van der Waals surface area contributed by atoms with Crippen LogP contribution in [0.15, 0.2) is 54.6 Å². The van der Waals surface area contributed by atoms with Crippen LogP contribution in [0.5, 0.6) is 5.75 Å². The molecule has 1 heterocycles. The number of benzene rings is 2. The van der Waals surface area contributed by atoms with Crippen LogP contribution in [0.4, 0.5) is 4.79 Å². The maximum atomic E-state index is 13.2. The first-order valence-corrected chi connectivity index (χ1v) is 11.4. The Hall–Kier alpha value is -2.95. The minimum Gasteiger partial charge on any atom is -0.548 e. The van der Waals surface area contributed by atoms with Crippen molar-refractivity contribution in [1.29, 1.82) is 0 Å². The third-order valence-electron chi connectivity index (χ3n) is 5.41. The normalized spacial score (nSPS) is 16.1. The molecule has 35 heavy (non-hydrogen) atoms. The summed E-state index contributed by atoms with van der Waals surface area (Å²) in [4.78, 5) is 38.4. The first kappa shape index (κ1) is 28.3. The van der Waals surface area contributed by atoms with Crippen molar-refractivity contribution in [3.8, 4) is 5.75 Å². The van der Waals surface area contributed by atoms with E-state index < -0.39 is 35.7 Å². The van der Waals surface area contributed by atoms with Gasteiger partial charge in [-0.25, -0.2) is 4.79 Å². The number of carboxylic acids is 1. The summed E-state index contributed by atoms with van der Waals surface area (Å²) >= 11 is 0. The number of alkyl carbamates (subject to hydrolysis) is 1. The van der Waals surface area contributed by atoms with E-state index in [1.54, 1.807) is 32.9 Å². The summed E-state index contributed by atoms with van der Waals surface area (Å²) in [6, 6.07) is 15.0. The maximum Gasteiger partial charge on any atom is 1.00 e. The van der Waals surface area contributed by atoms with Gasteiger partial charge in [0.05, 0.1) is 12.0 Å². The Morgan fingerprint density at radius 2 is 1.71 bits per heavy atom. The van der Waals surface area contributed by atoms with E-state index in [-0.39, 0.29) is 25.3 Å². The van der Waals surface area contributed by atoms with Gasteiger partial charge in [0.1, 0.15) is 24.0 Å². The molecule has 9 heteroatoms. The van der Waals surface area contributed by atoms with E-state index >= 15 is 0 Å². The Morgan fingerprint density at radius 1 is 1.06 bits per heavy atom. The summed E-state index contributed by atoms with van der Waals surface area (Å²) in [6.07, 6.45) is 0.336. The number of hydrogen-bond acceptors (Lipinski definition) is 6. The number of likely N-dealkylation sites (tertiary alicyclic amines) is 1. The van der Waals surface area contributed by atoms with Gasteiger partial charge in [0.2, 0.25) is 5.91 Å². The van der Waals surface area contributed by atoms with Crippen LogP contribution in [0.1, 0.15) is 44.7 Å². The molecule has 0 unspecified atom stereocenters. The Bertz CT molecular complexity index is 991. The summed E-state index contributed by atoms with van der Waals surface area (Å²) in [5, 5.41) is 14.1.